The van der Waals surface area contributed by atoms with Crippen molar-refractivity contribution in [2.24, 2.45) is 0 Å². The molecule has 3 rings (SSSR count). The average Bonchev–Trinajstić information content (AvgIpc) is 3.03. The van der Waals surface area contributed by atoms with Crippen molar-refractivity contribution in [3.63, 3.8) is 0 Å². The van der Waals surface area contributed by atoms with Crippen molar-refractivity contribution in [3.8, 4) is 5.75 Å². The number of rotatable bonds is 1. The molecule has 1 fully saturated rings. The maximum Gasteiger partial charge on any atom is 0.139 e. The molecule has 1 saturated carbocycles. The van der Waals surface area contributed by atoms with Gasteiger partial charge in [-0.25, -0.2) is 0 Å². The minimum atomic E-state index is 0.433. The van der Waals surface area contributed by atoms with Crippen LogP contribution >= 0.6 is 0 Å². The molecule has 0 bridgehead atoms. The number of nitrogens with zero attached hydrogens (tertiary/aromatic N) is 1. The van der Waals surface area contributed by atoms with Gasteiger partial charge in [0.1, 0.15) is 5.75 Å². The second-order valence-corrected chi connectivity index (χ2v) is 4.39. The standard InChI is InChI=1S/C12H16N2O/c15-11-3-1-2-9-8-13-6-7-14(12(9)11)10-4-5-10/h1-3,10,13,15H,4-8H2. The minimum Gasteiger partial charge on any atom is -0.506 e. The third-order valence-electron chi connectivity index (χ3n) is 3.22. The van der Waals surface area contributed by atoms with Crippen LogP contribution in [-0.4, -0.2) is 24.2 Å². The molecular weight excluding hydrogens is 188 g/mol. The molecule has 0 unspecified atom stereocenters. The summed E-state index contributed by atoms with van der Waals surface area (Å²) in [6.07, 6.45) is 2.54. The molecule has 3 heteroatoms. The second kappa shape index (κ2) is 3.42. The lowest BCUT2D eigenvalue weighted by atomic mass is 10.1. The quantitative estimate of drug-likeness (QED) is 0.727. The number of hydrogen-bond acceptors (Lipinski definition) is 3. The molecule has 1 aliphatic heterocycles. The van der Waals surface area contributed by atoms with Crippen LogP contribution in [0.15, 0.2) is 18.2 Å². The van der Waals surface area contributed by atoms with Gasteiger partial charge in [0, 0.05) is 25.7 Å². The Morgan fingerprint density at radius 2 is 2.20 bits per heavy atom. The minimum absolute atomic E-state index is 0.433. The van der Waals surface area contributed by atoms with Crippen LogP contribution in [0, 0.1) is 0 Å². The van der Waals surface area contributed by atoms with Crippen molar-refractivity contribution in [3.05, 3.63) is 23.8 Å². The highest BCUT2D eigenvalue weighted by atomic mass is 16.3. The maximum atomic E-state index is 9.96. The molecule has 0 amide bonds. The van der Waals surface area contributed by atoms with Gasteiger partial charge in [0.15, 0.2) is 0 Å². The molecule has 80 valence electrons. The summed E-state index contributed by atoms with van der Waals surface area (Å²) in [6, 6.07) is 6.48. The molecule has 1 heterocycles. The fraction of sp³-hybridized carbons (Fsp3) is 0.500. The number of fused-ring (bicyclic) bond motifs is 1. The summed E-state index contributed by atoms with van der Waals surface area (Å²) < 4.78 is 0. The molecule has 2 N–H and O–H groups in total. The fourth-order valence-electron chi connectivity index (χ4n) is 2.34. The molecule has 0 aromatic heterocycles. The van der Waals surface area contributed by atoms with Crippen LogP contribution in [0.25, 0.3) is 0 Å². The Hall–Kier alpha value is -1.22. The number of anilines is 1. The van der Waals surface area contributed by atoms with E-state index in [1.165, 1.54) is 18.4 Å². The number of phenolic OH excluding ortho intramolecular Hbond substituents is 1. The zero-order chi connectivity index (χ0) is 10.3. The van der Waals surface area contributed by atoms with E-state index in [1.54, 1.807) is 6.07 Å². The molecule has 1 aromatic rings. The molecule has 0 spiro atoms. The lowest BCUT2D eigenvalue weighted by Gasteiger charge is -2.25. The molecule has 15 heavy (non-hydrogen) atoms. The molecule has 0 saturated heterocycles. The lowest BCUT2D eigenvalue weighted by Crippen LogP contribution is -2.30. The molecule has 1 aliphatic carbocycles. The topological polar surface area (TPSA) is 35.5 Å². The Morgan fingerprint density at radius 1 is 1.33 bits per heavy atom. The summed E-state index contributed by atoms with van der Waals surface area (Å²) in [5.41, 5.74) is 2.28. The highest BCUT2D eigenvalue weighted by molar-refractivity contribution is 5.65. The monoisotopic (exact) mass is 204 g/mol. The third-order valence-corrected chi connectivity index (χ3v) is 3.22. The first-order chi connectivity index (χ1) is 7.36. The first-order valence-electron chi connectivity index (χ1n) is 5.64. The summed E-state index contributed by atoms with van der Waals surface area (Å²) in [5.74, 6) is 0.433. The van der Waals surface area contributed by atoms with Crippen molar-refractivity contribution in [1.29, 1.82) is 0 Å². The van der Waals surface area contributed by atoms with Gasteiger partial charge in [-0.15, -0.1) is 0 Å². The van der Waals surface area contributed by atoms with Gasteiger partial charge in [-0.2, -0.15) is 0 Å². The Balaban J connectivity index is 2.05. The Bertz CT molecular complexity index is 374. The molecule has 3 nitrogen and oxygen atoms in total. The van der Waals surface area contributed by atoms with Gasteiger partial charge in [-0.1, -0.05) is 12.1 Å². The molecule has 0 atom stereocenters. The van der Waals surface area contributed by atoms with Crippen LogP contribution in [0.5, 0.6) is 5.75 Å². The predicted molar refractivity (Wildman–Crippen MR) is 60.2 cm³/mol. The lowest BCUT2D eigenvalue weighted by molar-refractivity contribution is 0.473. The van der Waals surface area contributed by atoms with Crippen LogP contribution in [0.2, 0.25) is 0 Å². The summed E-state index contributed by atoms with van der Waals surface area (Å²) in [5, 5.41) is 13.3. The Morgan fingerprint density at radius 3 is 3.00 bits per heavy atom. The number of hydrogen-bond donors (Lipinski definition) is 2. The molecule has 0 radical (unpaired) electrons. The summed E-state index contributed by atoms with van der Waals surface area (Å²) in [6.45, 7) is 2.88. The largest absolute Gasteiger partial charge is 0.506 e. The Labute approximate surface area is 89.7 Å². The highest BCUT2D eigenvalue weighted by Gasteiger charge is 2.32. The van der Waals surface area contributed by atoms with Gasteiger partial charge >= 0.3 is 0 Å². The van der Waals surface area contributed by atoms with E-state index in [4.69, 9.17) is 0 Å². The number of para-hydroxylation sites is 1. The van der Waals surface area contributed by atoms with Gasteiger partial charge in [0.2, 0.25) is 0 Å². The van der Waals surface area contributed by atoms with Gasteiger partial charge in [0.25, 0.3) is 0 Å². The van der Waals surface area contributed by atoms with Crippen molar-refractivity contribution in [2.75, 3.05) is 18.0 Å². The van der Waals surface area contributed by atoms with Gasteiger partial charge in [-0.05, 0) is 24.5 Å². The second-order valence-electron chi connectivity index (χ2n) is 4.39. The highest BCUT2D eigenvalue weighted by Crippen LogP contribution is 2.39. The smallest absolute Gasteiger partial charge is 0.139 e. The average molecular weight is 204 g/mol. The molecule has 1 aromatic carbocycles. The van der Waals surface area contributed by atoms with E-state index >= 15 is 0 Å². The normalized spacial score (nSPS) is 20.9. The number of phenols is 1. The van der Waals surface area contributed by atoms with Gasteiger partial charge < -0.3 is 15.3 Å². The predicted octanol–water partition coefficient (Wildman–Crippen LogP) is 1.46. The zero-order valence-electron chi connectivity index (χ0n) is 8.74. The van der Waals surface area contributed by atoms with E-state index in [0.29, 0.717) is 11.8 Å². The van der Waals surface area contributed by atoms with E-state index in [1.807, 2.05) is 6.07 Å². The molecular formula is C12H16N2O. The van der Waals surface area contributed by atoms with E-state index < -0.39 is 0 Å². The van der Waals surface area contributed by atoms with Gasteiger partial charge in [0.05, 0.1) is 5.69 Å². The first kappa shape index (κ1) is 9.04. The Kier molecular flexibility index (Phi) is 2.06. The number of benzene rings is 1. The number of nitrogens with one attached hydrogen (secondary N) is 1. The maximum absolute atomic E-state index is 9.96. The zero-order valence-corrected chi connectivity index (χ0v) is 8.74. The van der Waals surface area contributed by atoms with Crippen molar-refractivity contribution >= 4 is 5.69 Å². The van der Waals surface area contributed by atoms with Crippen LogP contribution in [0.4, 0.5) is 5.69 Å². The molecule has 2 aliphatic rings. The summed E-state index contributed by atoms with van der Waals surface area (Å²) >= 11 is 0. The first-order valence-corrected chi connectivity index (χ1v) is 5.64. The summed E-state index contributed by atoms with van der Waals surface area (Å²) in [4.78, 5) is 2.37. The van der Waals surface area contributed by atoms with Gasteiger partial charge in [-0.3, -0.25) is 0 Å². The van der Waals surface area contributed by atoms with E-state index in [9.17, 15) is 5.11 Å². The fourth-order valence-corrected chi connectivity index (χ4v) is 2.34. The van der Waals surface area contributed by atoms with Crippen LogP contribution in [0.1, 0.15) is 18.4 Å². The SMILES string of the molecule is Oc1cccc2c1N(C1CC1)CCNC2. The van der Waals surface area contributed by atoms with Crippen molar-refractivity contribution in [1.82, 2.24) is 5.32 Å². The van der Waals surface area contributed by atoms with E-state index in [2.05, 4.69) is 16.3 Å². The van der Waals surface area contributed by atoms with Crippen LogP contribution < -0.4 is 10.2 Å². The van der Waals surface area contributed by atoms with Crippen molar-refractivity contribution in [2.45, 2.75) is 25.4 Å². The van der Waals surface area contributed by atoms with E-state index in [0.717, 1.165) is 25.3 Å². The summed E-state index contributed by atoms with van der Waals surface area (Å²) in [7, 11) is 0. The third kappa shape index (κ3) is 1.57. The van der Waals surface area contributed by atoms with E-state index in [-0.39, 0.29) is 0 Å². The number of aromatic hydroxyl groups is 1. The van der Waals surface area contributed by atoms with Crippen molar-refractivity contribution < 1.29 is 5.11 Å². The van der Waals surface area contributed by atoms with Crippen LogP contribution in [-0.2, 0) is 6.54 Å². The van der Waals surface area contributed by atoms with Crippen LogP contribution in [0.3, 0.4) is 0 Å².